The van der Waals surface area contributed by atoms with E-state index >= 15 is 0 Å². The van der Waals surface area contributed by atoms with Crippen LogP contribution in [0, 0.1) is 0 Å². The molecule has 1 spiro atoms. The Kier molecular flexibility index (Phi) is 3.45. The predicted molar refractivity (Wildman–Crippen MR) is 87.1 cm³/mol. The minimum Gasteiger partial charge on any atom is -0.454 e. The Balaban J connectivity index is 1.46. The molecule has 4 rings (SSSR count). The highest BCUT2D eigenvalue weighted by molar-refractivity contribution is 6.10. The van der Waals surface area contributed by atoms with E-state index in [0.29, 0.717) is 35.7 Å². The lowest BCUT2D eigenvalue weighted by atomic mass is 9.98. The fourth-order valence-electron chi connectivity index (χ4n) is 3.54. The number of hydrogen-bond donors (Lipinski definition) is 3. The lowest BCUT2D eigenvalue weighted by Gasteiger charge is -2.19. The average molecular weight is 346 g/mol. The normalized spacial score (nSPS) is 20.2. The molecule has 0 radical (unpaired) electrons. The van der Waals surface area contributed by atoms with Crippen molar-refractivity contribution in [2.24, 2.45) is 0 Å². The highest BCUT2D eigenvalue weighted by Gasteiger charge is 2.52. The Morgan fingerprint density at radius 3 is 2.64 bits per heavy atom. The molecule has 9 heteroatoms. The lowest BCUT2D eigenvalue weighted by Crippen LogP contribution is -2.44. The van der Waals surface area contributed by atoms with Crippen LogP contribution < -0.4 is 25.8 Å². The van der Waals surface area contributed by atoms with Crippen LogP contribution in [-0.4, -0.2) is 41.6 Å². The molecule has 25 heavy (non-hydrogen) atoms. The van der Waals surface area contributed by atoms with Crippen molar-refractivity contribution in [3.8, 4) is 11.5 Å². The van der Waals surface area contributed by atoms with E-state index in [9.17, 15) is 14.4 Å². The van der Waals surface area contributed by atoms with E-state index < -0.39 is 17.5 Å². The van der Waals surface area contributed by atoms with Crippen molar-refractivity contribution in [1.29, 1.82) is 0 Å². The van der Waals surface area contributed by atoms with Crippen molar-refractivity contribution >= 4 is 29.2 Å². The third kappa shape index (κ3) is 2.51. The van der Waals surface area contributed by atoms with Gasteiger partial charge in [-0.05, 0) is 12.8 Å². The van der Waals surface area contributed by atoms with Gasteiger partial charge in [0.15, 0.2) is 11.5 Å². The van der Waals surface area contributed by atoms with Crippen molar-refractivity contribution in [3.05, 3.63) is 12.1 Å². The summed E-state index contributed by atoms with van der Waals surface area (Å²) in [5, 5.41) is 5.35. The van der Waals surface area contributed by atoms with Crippen LogP contribution in [-0.2, 0) is 9.59 Å². The molecule has 0 unspecified atom stereocenters. The summed E-state index contributed by atoms with van der Waals surface area (Å²) in [5.41, 5.74) is 5.72. The number of urea groups is 1. The molecule has 3 aliphatic rings. The number of nitrogen functional groups attached to an aromatic ring is 1. The zero-order valence-electron chi connectivity index (χ0n) is 13.5. The van der Waals surface area contributed by atoms with Gasteiger partial charge in [-0.1, -0.05) is 12.8 Å². The molecule has 4 N–H and O–H groups in total. The van der Waals surface area contributed by atoms with Crippen LogP contribution in [0.4, 0.5) is 16.2 Å². The van der Waals surface area contributed by atoms with Crippen LogP contribution in [0.2, 0.25) is 0 Å². The van der Waals surface area contributed by atoms with Crippen LogP contribution in [0.15, 0.2) is 12.1 Å². The van der Waals surface area contributed by atoms with Crippen molar-refractivity contribution in [2.45, 2.75) is 31.2 Å². The molecule has 1 aliphatic carbocycles. The fraction of sp³-hybridized carbons (Fsp3) is 0.438. The Morgan fingerprint density at radius 1 is 1.24 bits per heavy atom. The summed E-state index contributed by atoms with van der Waals surface area (Å²) in [6.07, 6.45) is 3.01. The van der Waals surface area contributed by atoms with Crippen LogP contribution >= 0.6 is 0 Å². The number of nitrogens with zero attached hydrogens (tertiary/aromatic N) is 1. The summed E-state index contributed by atoms with van der Waals surface area (Å²) in [4.78, 5) is 37.9. The van der Waals surface area contributed by atoms with Crippen molar-refractivity contribution in [1.82, 2.24) is 10.2 Å². The fourth-order valence-corrected chi connectivity index (χ4v) is 3.54. The predicted octanol–water partition coefficient (Wildman–Crippen LogP) is 0.801. The zero-order valence-corrected chi connectivity index (χ0v) is 13.5. The molecular formula is C16H18N4O5. The summed E-state index contributed by atoms with van der Waals surface area (Å²) in [5.74, 6) is 0.144. The first kappa shape index (κ1) is 15.6. The molecule has 0 atom stereocenters. The lowest BCUT2D eigenvalue weighted by molar-refractivity contribution is -0.133. The number of imide groups is 1. The number of nitrogens with one attached hydrogen (secondary N) is 2. The van der Waals surface area contributed by atoms with Gasteiger partial charge in [0, 0.05) is 12.1 Å². The molecule has 1 aromatic rings. The van der Waals surface area contributed by atoms with Crippen LogP contribution in [0.3, 0.4) is 0 Å². The number of benzene rings is 1. The van der Waals surface area contributed by atoms with Gasteiger partial charge < -0.3 is 25.8 Å². The largest absolute Gasteiger partial charge is 0.454 e. The molecule has 2 fully saturated rings. The van der Waals surface area contributed by atoms with Crippen LogP contribution in [0.25, 0.3) is 0 Å². The Morgan fingerprint density at radius 2 is 1.92 bits per heavy atom. The summed E-state index contributed by atoms with van der Waals surface area (Å²) < 4.78 is 10.5. The van der Waals surface area contributed by atoms with Gasteiger partial charge >= 0.3 is 6.03 Å². The number of ether oxygens (including phenoxy) is 2. The van der Waals surface area contributed by atoms with E-state index in [-0.39, 0.29) is 19.2 Å². The van der Waals surface area contributed by atoms with Gasteiger partial charge in [0.1, 0.15) is 12.1 Å². The smallest absolute Gasteiger partial charge is 0.325 e. The minimum absolute atomic E-state index is 0.0940. The summed E-state index contributed by atoms with van der Waals surface area (Å²) in [7, 11) is 0. The zero-order chi connectivity index (χ0) is 17.6. The highest BCUT2D eigenvalue weighted by atomic mass is 16.7. The Bertz CT molecular complexity index is 772. The average Bonchev–Trinajstić information content (AvgIpc) is 3.26. The quantitative estimate of drug-likeness (QED) is 0.549. The second-order valence-corrected chi connectivity index (χ2v) is 6.45. The van der Waals surface area contributed by atoms with Gasteiger partial charge in [-0.15, -0.1) is 0 Å². The third-order valence-corrected chi connectivity index (χ3v) is 4.82. The summed E-state index contributed by atoms with van der Waals surface area (Å²) >= 11 is 0. The number of hydrogen-bond acceptors (Lipinski definition) is 6. The van der Waals surface area contributed by atoms with E-state index in [1.54, 1.807) is 12.1 Å². The van der Waals surface area contributed by atoms with Gasteiger partial charge in [0.05, 0.1) is 11.4 Å². The maximum Gasteiger partial charge on any atom is 0.325 e. The van der Waals surface area contributed by atoms with Gasteiger partial charge in [-0.3, -0.25) is 14.5 Å². The molecule has 132 valence electrons. The molecule has 1 aromatic carbocycles. The van der Waals surface area contributed by atoms with Gasteiger partial charge in [0.25, 0.3) is 5.91 Å². The maximum absolute atomic E-state index is 12.5. The number of fused-ring (bicyclic) bond motifs is 1. The number of carbonyl (C=O) groups excluding carboxylic acids is 3. The minimum atomic E-state index is -0.824. The molecule has 0 bridgehead atoms. The molecule has 4 amide bonds. The SMILES string of the molecule is Nc1cc2c(cc1NC(=O)CN1C(=O)NC3(CCCC3)C1=O)OCO2. The van der Waals surface area contributed by atoms with Crippen molar-refractivity contribution in [3.63, 3.8) is 0 Å². The van der Waals surface area contributed by atoms with E-state index in [1.165, 1.54) is 0 Å². The number of carbonyl (C=O) groups is 3. The maximum atomic E-state index is 12.5. The van der Waals surface area contributed by atoms with E-state index in [0.717, 1.165) is 17.7 Å². The first-order chi connectivity index (χ1) is 12.0. The van der Waals surface area contributed by atoms with E-state index in [1.807, 2.05) is 0 Å². The number of amides is 4. The van der Waals surface area contributed by atoms with Crippen molar-refractivity contribution < 1.29 is 23.9 Å². The molecule has 0 aromatic heterocycles. The Labute approximate surface area is 143 Å². The van der Waals surface area contributed by atoms with Gasteiger partial charge in [0.2, 0.25) is 12.7 Å². The summed E-state index contributed by atoms with van der Waals surface area (Å²) in [6.45, 7) is -0.267. The second-order valence-electron chi connectivity index (χ2n) is 6.45. The molecule has 1 saturated heterocycles. The van der Waals surface area contributed by atoms with Crippen LogP contribution in [0.5, 0.6) is 11.5 Å². The van der Waals surface area contributed by atoms with Crippen LogP contribution in [0.1, 0.15) is 25.7 Å². The summed E-state index contributed by atoms with van der Waals surface area (Å²) in [6, 6.07) is 2.58. The first-order valence-electron chi connectivity index (χ1n) is 8.12. The molecule has 2 aliphatic heterocycles. The number of anilines is 2. The monoisotopic (exact) mass is 346 g/mol. The molecule has 9 nitrogen and oxygen atoms in total. The van der Waals surface area contributed by atoms with Gasteiger partial charge in [-0.2, -0.15) is 0 Å². The second kappa shape index (κ2) is 5.54. The molecule has 2 heterocycles. The van der Waals surface area contributed by atoms with E-state index in [4.69, 9.17) is 15.2 Å². The first-order valence-corrected chi connectivity index (χ1v) is 8.12. The number of rotatable bonds is 3. The molecule has 1 saturated carbocycles. The van der Waals surface area contributed by atoms with Crippen molar-refractivity contribution in [2.75, 3.05) is 24.4 Å². The standard InChI is InChI=1S/C16H18N4O5/c17-9-5-11-12(25-8-24-11)6-10(9)18-13(21)7-20-14(22)16(19-15(20)23)3-1-2-4-16/h5-6H,1-4,7-8,17H2,(H,18,21)(H,19,23). The molecular weight excluding hydrogens is 328 g/mol. The third-order valence-electron chi connectivity index (χ3n) is 4.82. The highest BCUT2D eigenvalue weighted by Crippen LogP contribution is 2.38. The van der Waals surface area contributed by atoms with E-state index in [2.05, 4.69) is 10.6 Å². The Hall–Kier alpha value is -2.97. The van der Waals surface area contributed by atoms with Gasteiger partial charge in [-0.25, -0.2) is 4.79 Å². The topological polar surface area (TPSA) is 123 Å². The number of nitrogens with two attached hydrogens (primary N) is 1.